The molecule has 0 amide bonds. The fourth-order valence-corrected chi connectivity index (χ4v) is 2.70. The van der Waals surface area contributed by atoms with Crippen molar-refractivity contribution in [3.05, 3.63) is 66.2 Å². The van der Waals surface area contributed by atoms with E-state index in [9.17, 15) is 0 Å². The van der Waals surface area contributed by atoms with Crippen LogP contribution in [-0.4, -0.2) is 13.1 Å². The minimum Gasteiger partial charge on any atom is -0.371 e. The molecule has 112 valence electrons. The van der Waals surface area contributed by atoms with Crippen molar-refractivity contribution in [2.75, 3.05) is 18.0 Å². The van der Waals surface area contributed by atoms with E-state index in [4.69, 9.17) is 0 Å². The summed E-state index contributed by atoms with van der Waals surface area (Å²) < 4.78 is 0. The Bertz CT molecular complexity index is 504. The molecule has 0 aromatic heterocycles. The molecule has 0 aliphatic rings. The van der Waals surface area contributed by atoms with Crippen molar-refractivity contribution in [1.29, 1.82) is 0 Å². The highest BCUT2D eigenvalue weighted by molar-refractivity contribution is 5.46. The summed E-state index contributed by atoms with van der Waals surface area (Å²) in [5, 5.41) is 0. The summed E-state index contributed by atoms with van der Waals surface area (Å²) >= 11 is 0. The minimum absolute atomic E-state index is 0.601. The molecule has 0 aliphatic carbocycles. The molecule has 1 heteroatoms. The summed E-state index contributed by atoms with van der Waals surface area (Å²) in [6, 6.07) is 21.6. The van der Waals surface area contributed by atoms with E-state index in [0.29, 0.717) is 11.8 Å². The number of benzene rings is 2. The zero-order valence-electron chi connectivity index (χ0n) is 13.5. The van der Waals surface area contributed by atoms with E-state index in [-0.39, 0.29) is 0 Å². The first kappa shape index (κ1) is 15.6. The first-order valence-corrected chi connectivity index (χ1v) is 8.01. The largest absolute Gasteiger partial charge is 0.371 e. The average Bonchev–Trinajstić information content (AvgIpc) is 2.52. The number of rotatable bonds is 7. The van der Waals surface area contributed by atoms with Crippen LogP contribution in [0.5, 0.6) is 0 Å². The molecule has 0 bridgehead atoms. The lowest BCUT2D eigenvalue weighted by Gasteiger charge is -2.28. The van der Waals surface area contributed by atoms with Crippen LogP contribution in [0.3, 0.4) is 0 Å². The van der Waals surface area contributed by atoms with Crippen molar-refractivity contribution in [3.63, 3.8) is 0 Å². The van der Waals surface area contributed by atoms with Crippen molar-refractivity contribution in [3.8, 4) is 0 Å². The number of hydrogen-bond donors (Lipinski definition) is 0. The predicted molar refractivity (Wildman–Crippen MR) is 93.0 cm³/mol. The summed E-state index contributed by atoms with van der Waals surface area (Å²) in [4.78, 5) is 2.52. The van der Waals surface area contributed by atoms with Gasteiger partial charge in [0.1, 0.15) is 0 Å². The van der Waals surface area contributed by atoms with E-state index in [1.54, 1.807) is 0 Å². The van der Waals surface area contributed by atoms with Crippen LogP contribution >= 0.6 is 0 Å². The van der Waals surface area contributed by atoms with Crippen LogP contribution in [0.2, 0.25) is 0 Å². The molecular formula is C20H27N. The molecule has 0 saturated carbocycles. The van der Waals surface area contributed by atoms with Gasteiger partial charge in [-0.3, -0.25) is 0 Å². The first-order chi connectivity index (χ1) is 10.2. The SMILES string of the molecule is CC(C)CN(CCC(C)c1ccccc1)c1ccccc1. The molecule has 1 atom stereocenters. The molecule has 2 aromatic carbocycles. The highest BCUT2D eigenvalue weighted by Gasteiger charge is 2.11. The smallest absolute Gasteiger partial charge is 0.0366 e. The fourth-order valence-electron chi connectivity index (χ4n) is 2.70. The van der Waals surface area contributed by atoms with Crippen LogP contribution in [0.25, 0.3) is 0 Å². The maximum absolute atomic E-state index is 2.52. The molecular weight excluding hydrogens is 254 g/mol. The normalized spacial score (nSPS) is 12.4. The van der Waals surface area contributed by atoms with E-state index in [0.717, 1.165) is 13.1 Å². The third-order valence-electron chi connectivity index (χ3n) is 3.91. The van der Waals surface area contributed by atoms with Crippen molar-refractivity contribution in [2.45, 2.75) is 33.1 Å². The van der Waals surface area contributed by atoms with Gasteiger partial charge in [0.2, 0.25) is 0 Å². The molecule has 0 spiro atoms. The molecule has 21 heavy (non-hydrogen) atoms. The maximum atomic E-state index is 2.52. The van der Waals surface area contributed by atoms with Crippen LogP contribution in [0.15, 0.2) is 60.7 Å². The van der Waals surface area contributed by atoms with Crippen molar-refractivity contribution >= 4 is 5.69 Å². The van der Waals surface area contributed by atoms with E-state index in [1.807, 2.05) is 0 Å². The quantitative estimate of drug-likeness (QED) is 0.662. The second-order valence-corrected chi connectivity index (χ2v) is 6.28. The second-order valence-electron chi connectivity index (χ2n) is 6.28. The average molecular weight is 281 g/mol. The van der Waals surface area contributed by atoms with Gasteiger partial charge in [0.15, 0.2) is 0 Å². The van der Waals surface area contributed by atoms with Crippen molar-refractivity contribution in [1.82, 2.24) is 0 Å². The Morgan fingerprint density at radius 2 is 1.38 bits per heavy atom. The fraction of sp³-hybridized carbons (Fsp3) is 0.400. The summed E-state index contributed by atoms with van der Waals surface area (Å²) in [6.07, 6.45) is 1.19. The zero-order valence-corrected chi connectivity index (χ0v) is 13.5. The van der Waals surface area contributed by atoms with Gasteiger partial charge >= 0.3 is 0 Å². The van der Waals surface area contributed by atoms with Gasteiger partial charge in [-0.2, -0.15) is 0 Å². The zero-order chi connectivity index (χ0) is 15.1. The van der Waals surface area contributed by atoms with Crippen LogP contribution in [-0.2, 0) is 0 Å². The molecule has 1 nitrogen and oxygen atoms in total. The molecule has 0 fully saturated rings. The van der Waals surface area contributed by atoms with Gasteiger partial charge in [-0.1, -0.05) is 69.3 Å². The molecule has 0 N–H and O–H groups in total. The third kappa shape index (κ3) is 4.93. The Balaban J connectivity index is 1.99. The summed E-state index contributed by atoms with van der Waals surface area (Å²) in [5.41, 5.74) is 2.78. The maximum Gasteiger partial charge on any atom is 0.0366 e. The van der Waals surface area contributed by atoms with Crippen LogP contribution in [0.4, 0.5) is 5.69 Å². The van der Waals surface area contributed by atoms with E-state index in [2.05, 4.69) is 86.3 Å². The van der Waals surface area contributed by atoms with Crippen LogP contribution in [0.1, 0.15) is 38.7 Å². The van der Waals surface area contributed by atoms with E-state index < -0.39 is 0 Å². The van der Waals surface area contributed by atoms with Crippen molar-refractivity contribution in [2.24, 2.45) is 5.92 Å². The van der Waals surface area contributed by atoms with E-state index in [1.165, 1.54) is 17.7 Å². The minimum atomic E-state index is 0.601. The molecule has 0 radical (unpaired) electrons. The van der Waals surface area contributed by atoms with Gasteiger partial charge in [-0.25, -0.2) is 0 Å². The van der Waals surface area contributed by atoms with Gasteiger partial charge in [0, 0.05) is 18.8 Å². The highest BCUT2D eigenvalue weighted by atomic mass is 15.1. The molecule has 0 aliphatic heterocycles. The standard InChI is InChI=1S/C20H27N/c1-17(2)16-21(20-12-8-5-9-13-20)15-14-18(3)19-10-6-4-7-11-19/h4-13,17-18H,14-16H2,1-3H3. The van der Waals surface area contributed by atoms with Gasteiger partial charge < -0.3 is 4.90 Å². The number of anilines is 1. The van der Waals surface area contributed by atoms with Gasteiger partial charge in [-0.15, -0.1) is 0 Å². The number of hydrogen-bond acceptors (Lipinski definition) is 1. The Morgan fingerprint density at radius 3 is 1.95 bits per heavy atom. The van der Waals surface area contributed by atoms with E-state index >= 15 is 0 Å². The summed E-state index contributed by atoms with van der Waals surface area (Å²) in [5.74, 6) is 1.28. The van der Waals surface area contributed by atoms with Crippen LogP contribution < -0.4 is 4.90 Å². The summed E-state index contributed by atoms with van der Waals surface area (Å²) in [6.45, 7) is 9.13. The predicted octanol–water partition coefficient (Wildman–Crippen LogP) is 5.34. The Kier molecular flexibility index (Phi) is 5.86. The third-order valence-corrected chi connectivity index (χ3v) is 3.91. The molecule has 1 unspecified atom stereocenters. The highest BCUT2D eigenvalue weighted by Crippen LogP contribution is 2.22. The molecule has 0 saturated heterocycles. The lowest BCUT2D eigenvalue weighted by atomic mass is 9.97. The van der Waals surface area contributed by atoms with Gasteiger partial charge in [0.25, 0.3) is 0 Å². The van der Waals surface area contributed by atoms with Gasteiger partial charge in [0.05, 0.1) is 0 Å². The monoisotopic (exact) mass is 281 g/mol. The number of nitrogens with zero attached hydrogens (tertiary/aromatic N) is 1. The topological polar surface area (TPSA) is 3.24 Å². The Morgan fingerprint density at radius 1 is 0.810 bits per heavy atom. The summed E-state index contributed by atoms with van der Waals surface area (Å²) in [7, 11) is 0. The van der Waals surface area contributed by atoms with Gasteiger partial charge in [-0.05, 0) is 36.0 Å². The van der Waals surface area contributed by atoms with Crippen molar-refractivity contribution < 1.29 is 0 Å². The lowest BCUT2D eigenvalue weighted by molar-refractivity contribution is 0.578. The molecule has 0 heterocycles. The van der Waals surface area contributed by atoms with Crippen LogP contribution in [0, 0.1) is 5.92 Å². The second kappa shape index (κ2) is 7.87. The first-order valence-electron chi connectivity index (χ1n) is 8.01. The molecule has 2 rings (SSSR count). The lowest BCUT2D eigenvalue weighted by Crippen LogP contribution is -2.29. The molecule has 2 aromatic rings. The number of para-hydroxylation sites is 1. The Hall–Kier alpha value is -1.76. The Labute approximate surface area is 129 Å².